The largest absolute Gasteiger partial charge is 0.367 e. The Kier molecular flexibility index (Phi) is 10.1. The molecule has 164 valence electrons. The Morgan fingerprint density at radius 2 is 1.93 bits per heavy atom. The number of nitrogens with zero attached hydrogens (tertiary/aromatic N) is 4. The van der Waals surface area contributed by atoms with Crippen LogP contribution in [0.25, 0.3) is 0 Å². The Morgan fingerprint density at radius 1 is 1.17 bits per heavy atom. The molecule has 8 heteroatoms. The first-order valence-electron chi connectivity index (χ1n) is 10.3. The van der Waals surface area contributed by atoms with Gasteiger partial charge in [0.05, 0.1) is 12.6 Å². The van der Waals surface area contributed by atoms with Crippen LogP contribution in [-0.2, 0) is 4.74 Å². The van der Waals surface area contributed by atoms with Gasteiger partial charge in [0.25, 0.3) is 0 Å². The number of likely N-dealkylation sites (N-methyl/N-ethyl adjacent to an activating group) is 1. The van der Waals surface area contributed by atoms with Crippen LogP contribution in [0.15, 0.2) is 29.3 Å². The summed E-state index contributed by atoms with van der Waals surface area (Å²) in [7, 11) is 4.02. The molecule has 1 N–H and O–H groups in total. The lowest BCUT2D eigenvalue weighted by Crippen LogP contribution is -2.51. The summed E-state index contributed by atoms with van der Waals surface area (Å²) < 4.78 is 19.3. The van der Waals surface area contributed by atoms with Crippen LogP contribution in [0.4, 0.5) is 4.39 Å². The van der Waals surface area contributed by atoms with Crippen LogP contribution in [-0.4, -0.2) is 93.2 Å². The molecule has 2 aliphatic rings. The molecule has 6 nitrogen and oxygen atoms in total. The van der Waals surface area contributed by atoms with Gasteiger partial charge in [-0.3, -0.25) is 4.99 Å². The Morgan fingerprint density at radius 3 is 2.66 bits per heavy atom. The summed E-state index contributed by atoms with van der Waals surface area (Å²) in [6.45, 7) is 10.1. The lowest BCUT2D eigenvalue weighted by Gasteiger charge is -2.39. The molecule has 2 aliphatic heterocycles. The Balaban J connectivity index is 0.00000300. The van der Waals surface area contributed by atoms with Crippen molar-refractivity contribution in [1.29, 1.82) is 0 Å². The molecule has 0 amide bonds. The average Bonchev–Trinajstić information content (AvgIpc) is 2.89. The standard InChI is InChI=1S/C21H34FN5O.HI/c1-17-15-27(16-20(28-17)18-5-7-19(22)8-6-18)21(23-2)24-9-12-26-11-4-10-25(3)13-14-26;/h5-8,17,20H,4,9-16H2,1-3H3,(H,23,24);1H. The first-order chi connectivity index (χ1) is 13.5. The van der Waals surface area contributed by atoms with Crippen molar-refractivity contribution in [3.63, 3.8) is 0 Å². The highest BCUT2D eigenvalue weighted by Gasteiger charge is 2.28. The van der Waals surface area contributed by atoms with Crippen LogP contribution in [0.1, 0.15) is 25.0 Å². The number of guanidine groups is 1. The summed E-state index contributed by atoms with van der Waals surface area (Å²) in [6, 6.07) is 6.60. The van der Waals surface area contributed by atoms with Gasteiger partial charge < -0.3 is 24.8 Å². The molecule has 0 aromatic heterocycles. The van der Waals surface area contributed by atoms with Gasteiger partial charge in [-0.1, -0.05) is 12.1 Å². The van der Waals surface area contributed by atoms with Crippen molar-refractivity contribution in [3.8, 4) is 0 Å². The van der Waals surface area contributed by atoms with Gasteiger partial charge >= 0.3 is 0 Å². The minimum Gasteiger partial charge on any atom is -0.367 e. The van der Waals surface area contributed by atoms with Crippen molar-refractivity contribution >= 4 is 29.9 Å². The fraction of sp³-hybridized carbons (Fsp3) is 0.667. The van der Waals surface area contributed by atoms with Gasteiger partial charge in [-0.2, -0.15) is 0 Å². The number of ether oxygens (including phenoxy) is 1. The SMILES string of the molecule is CN=C(NCCN1CCCN(C)CC1)N1CC(C)OC(c2ccc(F)cc2)C1.I. The highest BCUT2D eigenvalue weighted by atomic mass is 127. The maximum Gasteiger partial charge on any atom is 0.193 e. The van der Waals surface area contributed by atoms with Gasteiger partial charge in [-0.15, -0.1) is 24.0 Å². The molecular formula is C21H35FIN5O. The molecule has 2 heterocycles. The van der Waals surface area contributed by atoms with Crippen molar-refractivity contribution in [2.75, 3.05) is 66.5 Å². The average molecular weight is 519 g/mol. The predicted octanol–water partition coefficient (Wildman–Crippen LogP) is 2.42. The summed E-state index contributed by atoms with van der Waals surface area (Å²) in [5.41, 5.74) is 1.00. The number of benzene rings is 1. The monoisotopic (exact) mass is 519 g/mol. The predicted molar refractivity (Wildman–Crippen MR) is 127 cm³/mol. The number of morpholine rings is 1. The van der Waals surface area contributed by atoms with E-state index in [0.29, 0.717) is 6.54 Å². The first-order valence-corrected chi connectivity index (χ1v) is 10.3. The number of nitrogens with one attached hydrogen (secondary N) is 1. The van der Waals surface area contributed by atoms with E-state index in [9.17, 15) is 4.39 Å². The first kappa shape index (κ1) is 24.3. The third-order valence-electron chi connectivity index (χ3n) is 5.54. The molecule has 2 unspecified atom stereocenters. The van der Waals surface area contributed by atoms with E-state index in [2.05, 4.69) is 39.0 Å². The number of aliphatic imine (C=N–C) groups is 1. The molecule has 2 saturated heterocycles. The van der Waals surface area contributed by atoms with E-state index >= 15 is 0 Å². The topological polar surface area (TPSA) is 43.3 Å². The molecule has 1 aromatic carbocycles. The van der Waals surface area contributed by atoms with Crippen molar-refractivity contribution in [2.45, 2.75) is 25.6 Å². The fourth-order valence-electron chi connectivity index (χ4n) is 3.97. The Labute approximate surface area is 191 Å². The van der Waals surface area contributed by atoms with E-state index in [1.54, 1.807) is 0 Å². The van der Waals surface area contributed by atoms with Gasteiger partial charge in [0, 0.05) is 39.8 Å². The van der Waals surface area contributed by atoms with Gasteiger partial charge in [-0.05, 0) is 51.2 Å². The molecular weight excluding hydrogens is 484 g/mol. The molecule has 0 radical (unpaired) electrons. The van der Waals surface area contributed by atoms with Crippen LogP contribution in [0.2, 0.25) is 0 Å². The zero-order chi connectivity index (χ0) is 19.9. The second kappa shape index (κ2) is 12.0. The molecule has 29 heavy (non-hydrogen) atoms. The molecule has 1 aromatic rings. The number of hydrogen-bond acceptors (Lipinski definition) is 4. The third-order valence-corrected chi connectivity index (χ3v) is 5.54. The van der Waals surface area contributed by atoms with Crippen molar-refractivity contribution < 1.29 is 9.13 Å². The van der Waals surface area contributed by atoms with Gasteiger partial charge in [0.2, 0.25) is 0 Å². The normalized spacial score (nSPS) is 24.7. The molecule has 0 bridgehead atoms. The highest BCUT2D eigenvalue weighted by Crippen LogP contribution is 2.25. The van der Waals surface area contributed by atoms with Gasteiger partial charge in [-0.25, -0.2) is 4.39 Å². The summed E-state index contributed by atoms with van der Waals surface area (Å²) in [5.74, 6) is 0.691. The maximum atomic E-state index is 13.2. The van der Waals surface area contributed by atoms with Crippen molar-refractivity contribution in [1.82, 2.24) is 20.0 Å². The minimum atomic E-state index is -0.221. The van der Waals surface area contributed by atoms with E-state index in [4.69, 9.17) is 4.74 Å². The Bertz CT molecular complexity index is 644. The fourth-order valence-corrected chi connectivity index (χ4v) is 3.97. The van der Waals surface area contributed by atoms with E-state index < -0.39 is 0 Å². The van der Waals surface area contributed by atoms with Crippen LogP contribution in [0.3, 0.4) is 0 Å². The van der Waals surface area contributed by atoms with Gasteiger partial charge in [0.15, 0.2) is 5.96 Å². The van der Waals surface area contributed by atoms with Crippen molar-refractivity contribution in [3.05, 3.63) is 35.6 Å². The maximum absolute atomic E-state index is 13.2. The summed E-state index contributed by atoms with van der Waals surface area (Å²) in [5, 5.41) is 3.52. The molecule has 2 fully saturated rings. The number of rotatable bonds is 4. The second-order valence-corrected chi connectivity index (χ2v) is 7.86. The summed E-state index contributed by atoms with van der Waals surface area (Å²) >= 11 is 0. The Hall–Kier alpha value is -0.970. The van der Waals surface area contributed by atoms with E-state index in [0.717, 1.165) is 50.8 Å². The molecule has 0 spiro atoms. The molecule has 2 atom stereocenters. The van der Waals surface area contributed by atoms with Crippen LogP contribution >= 0.6 is 24.0 Å². The van der Waals surface area contributed by atoms with Crippen LogP contribution in [0.5, 0.6) is 0 Å². The third kappa shape index (κ3) is 7.34. The highest BCUT2D eigenvalue weighted by molar-refractivity contribution is 14.0. The van der Waals surface area contributed by atoms with E-state index in [-0.39, 0.29) is 42.0 Å². The zero-order valence-corrected chi connectivity index (χ0v) is 20.1. The molecule has 0 saturated carbocycles. The lowest BCUT2D eigenvalue weighted by atomic mass is 10.1. The second-order valence-electron chi connectivity index (χ2n) is 7.86. The summed E-state index contributed by atoms with van der Waals surface area (Å²) in [4.78, 5) is 11.7. The molecule has 0 aliphatic carbocycles. The minimum absolute atomic E-state index is 0. The zero-order valence-electron chi connectivity index (χ0n) is 17.8. The number of hydrogen-bond donors (Lipinski definition) is 1. The van der Waals surface area contributed by atoms with Crippen LogP contribution in [0, 0.1) is 5.82 Å². The molecule has 3 rings (SSSR count). The lowest BCUT2D eigenvalue weighted by molar-refractivity contribution is -0.0605. The van der Waals surface area contributed by atoms with Gasteiger partial charge in [0.1, 0.15) is 11.9 Å². The van der Waals surface area contributed by atoms with Crippen LogP contribution < -0.4 is 5.32 Å². The van der Waals surface area contributed by atoms with Crippen molar-refractivity contribution in [2.24, 2.45) is 4.99 Å². The van der Waals surface area contributed by atoms with E-state index in [1.165, 1.54) is 25.1 Å². The van der Waals surface area contributed by atoms with E-state index in [1.807, 2.05) is 19.2 Å². The smallest absolute Gasteiger partial charge is 0.193 e. The number of halogens is 2. The summed E-state index contributed by atoms with van der Waals surface area (Å²) in [6.07, 6.45) is 1.23. The quantitative estimate of drug-likeness (QED) is 0.376.